The Kier molecular flexibility index (Phi) is 7.17. The van der Waals surface area contributed by atoms with Gasteiger partial charge in [0.25, 0.3) is 0 Å². The monoisotopic (exact) mass is 470 g/mol. The van der Waals surface area contributed by atoms with Crippen molar-refractivity contribution in [3.63, 3.8) is 0 Å². The summed E-state index contributed by atoms with van der Waals surface area (Å²) < 4.78 is 37.2. The number of benzene rings is 2. The zero-order valence-corrected chi connectivity index (χ0v) is 19.2. The zero-order valence-electron chi connectivity index (χ0n) is 18.4. The van der Waals surface area contributed by atoms with E-state index in [1.54, 1.807) is 24.3 Å². The molecule has 1 amide bonds. The van der Waals surface area contributed by atoms with E-state index in [1.165, 1.54) is 4.31 Å². The van der Waals surface area contributed by atoms with Crippen LogP contribution in [0.3, 0.4) is 0 Å². The van der Waals surface area contributed by atoms with Gasteiger partial charge in [0.2, 0.25) is 27.6 Å². The fraction of sp³-hybridized carbons (Fsp3) is 0.348. The SMILES string of the molecule is Cc1ccc(-c2noc(CCC(=O)NCc3ccc(S(=O)(=O)N4CCOCC4)cc3)n2)cc1. The number of aryl methyl sites for hydroxylation is 2. The highest BCUT2D eigenvalue weighted by Gasteiger charge is 2.26. The first kappa shape index (κ1) is 23.1. The lowest BCUT2D eigenvalue weighted by Crippen LogP contribution is -2.40. The minimum absolute atomic E-state index is 0.157. The van der Waals surface area contributed by atoms with Gasteiger partial charge < -0.3 is 14.6 Å². The Balaban J connectivity index is 1.26. The molecular weight excluding hydrogens is 444 g/mol. The number of ether oxygens (including phenoxy) is 1. The van der Waals surface area contributed by atoms with Crippen molar-refractivity contribution in [1.29, 1.82) is 0 Å². The number of hydrogen-bond acceptors (Lipinski definition) is 7. The number of amides is 1. The van der Waals surface area contributed by atoms with E-state index < -0.39 is 10.0 Å². The fourth-order valence-corrected chi connectivity index (χ4v) is 4.81. The molecule has 174 valence electrons. The molecule has 4 rings (SSSR count). The van der Waals surface area contributed by atoms with Gasteiger partial charge in [0.05, 0.1) is 18.1 Å². The summed E-state index contributed by atoms with van der Waals surface area (Å²) in [5.41, 5.74) is 2.82. The van der Waals surface area contributed by atoms with Gasteiger partial charge in [-0.25, -0.2) is 8.42 Å². The summed E-state index contributed by atoms with van der Waals surface area (Å²) >= 11 is 0. The van der Waals surface area contributed by atoms with Crippen LogP contribution in [0.1, 0.15) is 23.4 Å². The Morgan fingerprint density at radius 2 is 1.76 bits per heavy atom. The Hall–Kier alpha value is -3.08. The maximum Gasteiger partial charge on any atom is 0.243 e. The standard InChI is InChI=1S/C23H26N4O5S/c1-17-2-6-19(7-3-17)23-25-22(32-26-23)11-10-21(28)24-16-18-4-8-20(9-5-18)33(29,30)27-12-14-31-15-13-27/h2-9H,10-16H2,1H3,(H,24,28). The molecular formula is C23H26N4O5S. The molecule has 0 bridgehead atoms. The Morgan fingerprint density at radius 3 is 2.45 bits per heavy atom. The topological polar surface area (TPSA) is 115 Å². The molecule has 0 aliphatic carbocycles. The van der Waals surface area contributed by atoms with E-state index in [4.69, 9.17) is 9.26 Å². The summed E-state index contributed by atoms with van der Waals surface area (Å²) in [6.45, 7) is 3.82. The molecule has 0 unspecified atom stereocenters. The number of sulfonamides is 1. The van der Waals surface area contributed by atoms with Gasteiger partial charge in [-0.15, -0.1) is 0 Å². The van der Waals surface area contributed by atoms with Gasteiger partial charge in [-0.2, -0.15) is 9.29 Å². The van der Waals surface area contributed by atoms with Crippen LogP contribution >= 0.6 is 0 Å². The van der Waals surface area contributed by atoms with E-state index in [1.807, 2.05) is 31.2 Å². The molecule has 0 radical (unpaired) electrons. The minimum atomic E-state index is -3.53. The molecule has 1 aliphatic rings. The van der Waals surface area contributed by atoms with Gasteiger partial charge in [-0.1, -0.05) is 47.1 Å². The highest BCUT2D eigenvalue weighted by atomic mass is 32.2. The van der Waals surface area contributed by atoms with E-state index in [0.717, 1.165) is 16.7 Å². The second-order valence-corrected chi connectivity index (χ2v) is 9.75. The van der Waals surface area contributed by atoms with Crippen LogP contribution in [0.15, 0.2) is 57.9 Å². The lowest BCUT2D eigenvalue weighted by Gasteiger charge is -2.26. The van der Waals surface area contributed by atoms with Gasteiger partial charge in [-0.05, 0) is 24.6 Å². The highest BCUT2D eigenvalue weighted by Crippen LogP contribution is 2.18. The lowest BCUT2D eigenvalue weighted by molar-refractivity contribution is -0.121. The summed E-state index contributed by atoms with van der Waals surface area (Å²) in [7, 11) is -3.53. The summed E-state index contributed by atoms with van der Waals surface area (Å²) in [5.74, 6) is 0.742. The Morgan fingerprint density at radius 1 is 1.06 bits per heavy atom. The smallest absolute Gasteiger partial charge is 0.243 e. The van der Waals surface area contributed by atoms with Crippen molar-refractivity contribution in [2.75, 3.05) is 26.3 Å². The quantitative estimate of drug-likeness (QED) is 0.537. The number of morpholine rings is 1. The largest absolute Gasteiger partial charge is 0.379 e. The van der Waals surface area contributed by atoms with E-state index in [9.17, 15) is 13.2 Å². The molecule has 10 heteroatoms. The van der Waals surface area contributed by atoms with Crippen molar-refractivity contribution in [2.45, 2.75) is 31.2 Å². The van der Waals surface area contributed by atoms with Gasteiger partial charge in [0, 0.05) is 38.0 Å². The number of rotatable bonds is 8. The van der Waals surface area contributed by atoms with Crippen molar-refractivity contribution >= 4 is 15.9 Å². The first-order chi connectivity index (χ1) is 15.9. The second-order valence-electron chi connectivity index (χ2n) is 7.81. The molecule has 1 fully saturated rings. The van der Waals surface area contributed by atoms with Crippen LogP contribution in [0.4, 0.5) is 0 Å². The van der Waals surface area contributed by atoms with Crippen LogP contribution in [0.25, 0.3) is 11.4 Å². The molecule has 9 nitrogen and oxygen atoms in total. The van der Waals surface area contributed by atoms with E-state index in [0.29, 0.717) is 51.0 Å². The fourth-order valence-electron chi connectivity index (χ4n) is 3.40. The van der Waals surface area contributed by atoms with Crippen LogP contribution in [-0.2, 0) is 32.5 Å². The lowest BCUT2D eigenvalue weighted by atomic mass is 10.1. The molecule has 0 atom stereocenters. The second kappa shape index (κ2) is 10.2. The van der Waals surface area contributed by atoms with Gasteiger partial charge >= 0.3 is 0 Å². The molecule has 1 aromatic heterocycles. The van der Waals surface area contributed by atoms with Gasteiger partial charge in [-0.3, -0.25) is 4.79 Å². The highest BCUT2D eigenvalue weighted by molar-refractivity contribution is 7.89. The average Bonchev–Trinajstić information content (AvgIpc) is 3.32. The van der Waals surface area contributed by atoms with Crippen molar-refractivity contribution in [2.24, 2.45) is 0 Å². The third-order valence-electron chi connectivity index (χ3n) is 5.36. The molecule has 0 spiro atoms. The summed E-state index contributed by atoms with van der Waals surface area (Å²) in [4.78, 5) is 16.8. The summed E-state index contributed by atoms with van der Waals surface area (Å²) in [6, 6.07) is 14.3. The maximum atomic E-state index is 12.7. The Labute approximate surface area is 192 Å². The molecule has 1 N–H and O–H groups in total. The van der Waals surface area contributed by atoms with Crippen LogP contribution in [0.5, 0.6) is 0 Å². The van der Waals surface area contributed by atoms with Crippen molar-refractivity contribution in [1.82, 2.24) is 19.8 Å². The van der Waals surface area contributed by atoms with E-state index >= 15 is 0 Å². The molecule has 2 heterocycles. The predicted molar refractivity (Wildman–Crippen MR) is 121 cm³/mol. The summed E-state index contributed by atoms with van der Waals surface area (Å²) in [5, 5.41) is 6.80. The maximum absolute atomic E-state index is 12.7. The van der Waals surface area contributed by atoms with E-state index in [-0.39, 0.29) is 17.2 Å². The molecule has 1 aliphatic heterocycles. The van der Waals surface area contributed by atoms with Crippen molar-refractivity contribution in [3.8, 4) is 11.4 Å². The van der Waals surface area contributed by atoms with Crippen molar-refractivity contribution in [3.05, 3.63) is 65.5 Å². The number of carbonyl (C=O) groups excluding carboxylic acids is 1. The van der Waals surface area contributed by atoms with Gasteiger partial charge in [0.15, 0.2) is 0 Å². The number of nitrogens with one attached hydrogen (secondary N) is 1. The number of carbonyl (C=O) groups is 1. The third-order valence-corrected chi connectivity index (χ3v) is 7.28. The Bertz CT molecular complexity index is 1180. The van der Waals surface area contributed by atoms with E-state index in [2.05, 4.69) is 15.5 Å². The normalized spacial score (nSPS) is 14.8. The van der Waals surface area contributed by atoms with Crippen LogP contribution in [0, 0.1) is 6.92 Å². The first-order valence-electron chi connectivity index (χ1n) is 10.7. The van der Waals surface area contributed by atoms with Gasteiger partial charge in [0.1, 0.15) is 0 Å². The van der Waals surface area contributed by atoms with Crippen LogP contribution in [-0.4, -0.2) is 55.1 Å². The number of nitrogens with zero attached hydrogens (tertiary/aromatic N) is 3. The third kappa shape index (κ3) is 5.84. The molecule has 33 heavy (non-hydrogen) atoms. The first-order valence-corrected chi connectivity index (χ1v) is 12.2. The minimum Gasteiger partial charge on any atom is -0.379 e. The van der Waals surface area contributed by atoms with Crippen LogP contribution in [0.2, 0.25) is 0 Å². The molecule has 2 aromatic carbocycles. The number of hydrogen-bond donors (Lipinski definition) is 1. The predicted octanol–water partition coefficient (Wildman–Crippen LogP) is 2.31. The molecule has 1 saturated heterocycles. The number of aromatic nitrogens is 2. The molecule has 0 saturated carbocycles. The molecule has 3 aromatic rings. The van der Waals surface area contributed by atoms with Crippen molar-refractivity contribution < 1.29 is 22.5 Å². The summed E-state index contributed by atoms with van der Waals surface area (Å²) in [6.07, 6.45) is 0.542. The zero-order chi connectivity index (χ0) is 23.3. The average molecular weight is 471 g/mol. The van der Waals surface area contributed by atoms with Crippen LogP contribution < -0.4 is 5.32 Å².